The zero-order valence-electron chi connectivity index (χ0n) is 16.7. The molecule has 0 bridgehead atoms. The Morgan fingerprint density at radius 3 is 2.64 bits per heavy atom. The summed E-state index contributed by atoms with van der Waals surface area (Å²) in [4.78, 5) is 46.4. The first kappa shape index (κ1) is 20.3. The van der Waals surface area contributed by atoms with Crippen LogP contribution in [0, 0.1) is 0 Å². The summed E-state index contributed by atoms with van der Waals surface area (Å²) < 4.78 is 7.04. The molecule has 0 aliphatic carbocycles. The summed E-state index contributed by atoms with van der Waals surface area (Å²) in [5.74, 6) is 0.0739. The quantitative estimate of drug-likeness (QED) is 0.596. The Bertz CT molecular complexity index is 719. The highest BCUT2D eigenvalue weighted by atomic mass is 16.5. The van der Waals surface area contributed by atoms with Crippen molar-refractivity contribution in [2.45, 2.75) is 45.3 Å². The molecule has 0 N–H and O–H groups in total. The van der Waals surface area contributed by atoms with Gasteiger partial charge < -0.3 is 24.0 Å². The van der Waals surface area contributed by atoms with Gasteiger partial charge in [-0.2, -0.15) is 0 Å². The van der Waals surface area contributed by atoms with E-state index in [1.807, 2.05) is 9.47 Å². The predicted molar refractivity (Wildman–Crippen MR) is 101 cm³/mol. The fourth-order valence-corrected chi connectivity index (χ4v) is 3.80. The summed E-state index contributed by atoms with van der Waals surface area (Å²) in [6, 6.07) is -0.513. The molecule has 0 aromatic carbocycles. The number of likely N-dealkylation sites (tertiary alicyclic amines) is 1. The number of rotatable bonds is 9. The molecule has 0 saturated carbocycles. The zero-order valence-corrected chi connectivity index (χ0v) is 16.7. The molecule has 3 heterocycles. The van der Waals surface area contributed by atoms with Crippen molar-refractivity contribution in [3.8, 4) is 0 Å². The molecule has 0 unspecified atom stereocenters. The van der Waals surface area contributed by atoms with Crippen LogP contribution in [0.25, 0.3) is 0 Å². The van der Waals surface area contributed by atoms with Crippen molar-refractivity contribution in [3.05, 3.63) is 18.2 Å². The molecule has 1 aromatic heterocycles. The minimum absolute atomic E-state index is 0.0460. The van der Waals surface area contributed by atoms with Gasteiger partial charge >= 0.3 is 0 Å². The molecule has 0 radical (unpaired) electrons. The Labute approximate surface area is 165 Å². The van der Waals surface area contributed by atoms with Crippen molar-refractivity contribution >= 4 is 17.7 Å². The molecule has 2 aliphatic rings. The van der Waals surface area contributed by atoms with Crippen molar-refractivity contribution in [2.24, 2.45) is 0 Å². The standard InChI is InChI=1S/C19H29N5O4/c1-15-19(27)22(8-4-7-21-6-3-5-17(21)25)13-18(26)24(15)12-16-11-20-14-23(16)9-10-28-2/h11,14-15H,3-10,12-13H2,1-2H3/t15-/m0/s1. The van der Waals surface area contributed by atoms with E-state index >= 15 is 0 Å². The number of ether oxygens (including phenoxy) is 1. The van der Waals surface area contributed by atoms with Crippen LogP contribution < -0.4 is 0 Å². The molecular formula is C19H29N5O4. The van der Waals surface area contributed by atoms with Crippen LogP contribution in [0.5, 0.6) is 0 Å². The second-order valence-corrected chi connectivity index (χ2v) is 7.37. The maximum atomic E-state index is 12.8. The third-order valence-corrected chi connectivity index (χ3v) is 5.48. The molecule has 1 aromatic rings. The van der Waals surface area contributed by atoms with Crippen LogP contribution in [0.4, 0.5) is 0 Å². The molecule has 0 spiro atoms. The molecule has 3 rings (SSSR count). The third kappa shape index (κ3) is 4.52. The van der Waals surface area contributed by atoms with Crippen molar-refractivity contribution < 1.29 is 19.1 Å². The topological polar surface area (TPSA) is 88.0 Å². The van der Waals surface area contributed by atoms with E-state index in [4.69, 9.17) is 4.74 Å². The molecule has 1 atom stereocenters. The molecule has 2 saturated heterocycles. The summed E-state index contributed by atoms with van der Waals surface area (Å²) >= 11 is 0. The van der Waals surface area contributed by atoms with Crippen molar-refractivity contribution in [1.82, 2.24) is 24.3 Å². The molecule has 3 amide bonds. The number of nitrogens with zero attached hydrogens (tertiary/aromatic N) is 5. The number of imidazole rings is 1. The second kappa shape index (κ2) is 9.18. The molecule has 9 heteroatoms. The molecule has 2 fully saturated rings. The van der Waals surface area contributed by atoms with E-state index < -0.39 is 6.04 Å². The lowest BCUT2D eigenvalue weighted by Gasteiger charge is -2.39. The number of carbonyl (C=O) groups is 3. The largest absolute Gasteiger partial charge is 0.383 e. The summed E-state index contributed by atoms with van der Waals surface area (Å²) in [6.07, 6.45) is 5.66. The Morgan fingerprint density at radius 1 is 1.14 bits per heavy atom. The molecule has 28 heavy (non-hydrogen) atoms. The zero-order chi connectivity index (χ0) is 20.1. The first-order valence-electron chi connectivity index (χ1n) is 9.85. The van der Waals surface area contributed by atoms with Gasteiger partial charge in [0.2, 0.25) is 17.7 Å². The Hall–Kier alpha value is -2.42. The number of aromatic nitrogens is 2. The lowest BCUT2D eigenvalue weighted by molar-refractivity contribution is -0.155. The average Bonchev–Trinajstić information content (AvgIpc) is 3.29. The monoisotopic (exact) mass is 391 g/mol. The van der Waals surface area contributed by atoms with Gasteiger partial charge in [0.15, 0.2) is 0 Å². The van der Waals surface area contributed by atoms with Crippen LogP contribution in [0.3, 0.4) is 0 Å². The van der Waals surface area contributed by atoms with E-state index in [1.54, 1.807) is 36.4 Å². The van der Waals surface area contributed by atoms with Crippen LogP contribution >= 0.6 is 0 Å². The minimum Gasteiger partial charge on any atom is -0.383 e. The maximum absolute atomic E-state index is 12.8. The van der Waals surface area contributed by atoms with Gasteiger partial charge in [-0.3, -0.25) is 14.4 Å². The van der Waals surface area contributed by atoms with Gasteiger partial charge in [0.05, 0.1) is 31.7 Å². The first-order valence-corrected chi connectivity index (χ1v) is 9.85. The number of hydrogen-bond donors (Lipinski definition) is 0. The highest BCUT2D eigenvalue weighted by Gasteiger charge is 2.36. The number of hydrogen-bond acceptors (Lipinski definition) is 5. The van der Waals surface area contributed by atoms with E-state index in [0.29, 0.717) is 45.6 Å². The van der Waals surface area contributed by atoms with Gasteiger partial charge in [0.25, 0.3) is 0 Å². The number of carbonyl (C=O) groups excluding carboxylic acids is 3. The van der Waals surface area contributed by atoms with Gasteiger partial charge in [-0.1, -0.05) is 0 Å². The normalized spacial score (nSPS) is 20.6. The number of amides is 3. The fourth-order valence-electron chi connectivity index (χ4n) is 3.80. The summed E-state index contributed by atoms with van der Waals surface area (Å²) in [5, 5.41) is 0. The summed E-state index contributed by atoms with van der Waals surface area (Å²) in [5.41, 5.74) is 0.881. The maximum Gasteiger partial charge on any atom is 0.245 e. The smallest absolute Gasteiger partial charge is 0.245 e. The first-order chi connectivity index (χ1) is 13.5. The summed E-state index contributed by atoms with van der Waals surface area (Å²) in [7, 11) is 1.64. The Balaban J connectivity index is 1.54. The SMILES string of the molecule is COCCn1cncc1CN1C(=O)CN(CCCN2CCCC2=O)C(=O)[C@@H]1C. The third-order valence-electron chi connectivity index (χ3n) is 5.48. The number of piperazine rings is 1. The van der Waals surface area contributed by atoms with Crippen molar-refractivity contribution in [2.75, 3.05) is 39.9 Å². The lowest BCUT2D eigenvalue weighted by Crippen LogP contribution is -2.58. The van der Waals surface area contributed by atoms with Gasteiger partial charge in [0, 0.05) is 45.9 Å². The van der Waals surface area contributed by atoms with E-state index in [2.05, 4.69) is 4.98 Å². The van der Waals surface area contributed by atoms with Crippen LogP contribution in [-0.4, -0.2) is 87.9 Å². The van der Waals surface area contributed by atoms with Gasteiger partial charge in [-0.05, 0) is 19.8 Å². The Kier molecular flexibility index (Phi) is 6.66. The van der Waals surface area contributed by atoms with Crippen molar-refractivity contribution in [1.29, 1.82) is 0 Å². The Morgan fingerprint density at radius 2 is 1.93 bits per heavy atom. The van der Waals surface area contributed by atoms with Gasteiger partial charge in [-0.25, -0.2) is 4.98 Å². The van der Waals surface area contributed by atoms with Crippen molar-refractivity contribution in [3.63, 3.8) is 0 Å². The molecule has 154 valence electrons. The highest BCUT2D eigenvalue weighted by molar-refractivity contribution is 5.94. The highest BCUT2D eigenvalue weighted by Crippen LogP contribution is 2.17. The molecule has 9 nitrogen and oxygen atoms in total. The minimum atomic E-state index is -0.513. The van der Waals surface area contributed by atoms with Gasteiger partial charge in [0.1, 0.15) is 6.04 Å². The summed E-state index contributed by atoms with van der Waals surface area (Å²) in [6.45, 7) is 5.36. The van der Waals surface area contributed by atoms with Gasteiger partial charge in [-0.15, -0.1) is 0 Å². The van der Waals surface area contributed by atoms with Crippen LogP contribution in [0.1, 0.15) is 31.9 Å². The lowest BCUT2D eigenvalue weighted by atomic mass is 10.1. The number of methoxy groups -OCH3 is 1. The average molecular weight is 391 g/mol. The van der Waals surface area contributed by atoms with E-state index in [1.165, 1.54) is 0 Å². The molecule has 2 aliphatic heterocycles. The van der Waals surface area contributed by atoms with Crippen LogP contribution in [0.2, 0.25) is 0 Å². The second-order valence-electron chi connectivity index (χ2n) is 7.37. The van der Waals surface area contributed by atoms with Crippen LogP contribution in [-0.2, 0) is 32.2 Å². The predicted octanol–water partition coefficient (Wildman–Crippen LogP) is 0.101. The molecular weight excluding hydrogens is 362 g/mol. The van der Waals surface area contributed by atoms with E-state index in [9.17, 15) is 14.4 Å². The van der Waals surface area contributed by atoms with E-state index in [0.717, 1.165) is 18.7 Å². The van der Waals surface area contributed by atoms with E-state index in [-0.39, 0.29) is 24.3 Å². The fraction of sp³-hybridized carbons (Fsp3) is 0.684. The van der Waals surface area contributed by atoms with Crippen LogP contribution in [0.15, 0.2) is 12.5 Å².